The fourth-order valence-corrected chi connectivity index (χ4v) is 2.93. The van der Waals surface area contributed by atoms with Crippen LogP contribution in [0.2, 0.25) is 0 Å². The van der Waals surface area contributed by atoms with Crippen LogP contribution in [0.25, 0.3) is 0 Å². The Labute approximate surface area is 137 Å². The summed E-state index contributed by atoms with van der Waals surface area (Å²) in [5, 5.41) is 3.29. The minimum Gasteiger partial charge on any atom is -0.486 e. The number of fused-ring (bicyclic) bond motifs is 1. The SMILES string of the molecule is CN(CC1COc2ccccc2O1)C(=O)C1CCNCC1.Cl. The number of benzene rings is 1. The molecule has 1 unspecified atom stereocenters. The predicted octanol–water partition coefficient (Wildman–Crippen LogP) is 1.71. The van der Waals surface area contributed by atoms with E-state index in [9.17, 15) is 4.79 Å². The Morgan fingerprint density at radius 3 is 2.68 bits per heavy atom. The first-order chi connectivity index (χ1) is 10.2. The summed E-state index contributed by atoms with van der Waals surface area (Å²) >= 11 is 0. The summed E-state index contributed by atoms with van der Waals surface area (Å²) in [6.07, 6.45) is 1.75. The summed E-state index contributed by atoms with van der Waals surface area (Å²) < 4.78 is 11.6. The van der Waals surface area contributed by atoms with Crippen molar-refractivity contribution in [2.45, 2.75) is 18.9 Å². The van der Waals surface area contributed by atoms with Gasteiger partial charge in [-0.15, -0.1) is 12.4 Å². The van der Waals surface area contributed by atoms with Gasteiger partial charge in [0.25, 0.3) is 0 Å². The molecule has 5 nitrogen and oxygen atoms in total. The zero-order valence-electron chi connectivity index (χ0n) is 12.8. The molecule has 0 radical (unpaired) electrons. The van der Waals surface area contributed by atoms with E-state index in [1.54, 1.807) is 4.90 Å². The molecule has 6 heteroatoms. The van der Waals surface area contributed by atoms with Crippen LogP contribution in [-0.4, -0.2) is 50.2 Å². The quantitative estimate of drug-likeness (QED) is 0.918. The summed E-state index contributed by atoms with van der Waals surface area (Å²) in [6.45, 7) is 2.92. The van der Waals surface area contributed by atoms with E-state index in [1.807, 2.05) is 31.3 Å². The van der Waals surface area contributed by atoms with Crippen molar-refractivity contribution >= 4 is 18.3 Å². The molecule has 0 saturated carbocycles. The highest BCUT2D eigenvalue weighted by molar-refractivity contribution is 5.85. The van der Waals surface area contributed by atoms with Crippen molar-refractivity contribution < 1.29 is 14.3 Å². The molecule has 0 bridgehead atoms. The molecule has 22 heavy (non-hydrogen) atoms. The predicted molar refractivity (Wildman–Crippen MR) is 86.8 cm³/mol. The lowest BCUT2D eigenvalue weighted by Crippen LogP contribution is -2.45. The zero-order chi connectivity index (χ0) is 14.7. The van der Waals surface area contributed by atoms with Gasteiger partial charge in [0.1, 0.15) is 6.61 Å². The molecule has 1 aromatic carbocycles. The normalized spacial score (nSPS) is 20.9. The van der Waals surface area contributed by atoms with E-state index >= 15 is 0 Å². The van der Waals surface area contributed by atoms with E-state index < -0.39 is 0 Å². The molecule has 0 spiro atoms. The van der Waals surface area contributed by atoms with Crippen LogP contribution in [0, 0.1) is 5.92 Å². The van der Waals surface area contributed by atoms with Crippen molar-refractivity contribution in [3.05, 3.63) is 24.3 Å². The third kappa shape index (κ3) is 3.84. The molecule has 1 atom stereocenters. The second-order valence-electron chi connectivity index (χ2n) is 5.74. The summed E-state index contributed by atoms with van der Waals surface area (Å²) in [4.78, 5) is 14.2. The minimum atomic E-state index is -0.101. The lowest BCUT2D eigenvalue weighted by atomic mass is 9.96. The first-order valence-corrected chi connectivity index (χ1v) is 7.58. The van der Waals surface area contributed by atoms with Crippen molar-refractivity contribution in [1.29, 1.82) is 0 Å². The summed E-state index contributed by atoms with van der Waals surface area (Å²) in [7, 11) is 1.86. The molecule has 0 aliphatic carbocycles. The van der Waals surface area contributed by atoms with E-state index in [2.05, 4.69) is 5.32 Å². The Kier molecular flexibility index (Phi) is 5.91. The zero-order valence-corrected chi connectivity index (χ0v) is 13.6. The molecule has 3 rings (SSSR count). The number of halogens is 1. The van der Waals surface area contributed by atoms with Crippen LogP contribution in [0.3, 0.4) is 0 Å². The van der Waals surface area contributed by atoms with Crippen molar-refractivity contribution in [3.8, 4) is 11.5 Å². The van der Waals surface area contributed by atoms with Gasteiger partial charge in [-0.1, -0.05) is 12.1 Å². The molecule has 1 amide bonds. The van der Waals surface area contributed by atoms with Crippen LogP contribution < -0.4 is 14.8 Å². The van der Waals surface area contributed by atoms with Gasteiger partial charge in [0.05, 0.1) is 6.54 Å². The fourth-order valence-electron chi connectivity index (χ4n) is 2.93. The monoisotopic (exact) mass is 326 g/mol. The Hall–Kier alpha value is -1.46. The topological polar surface area (TPSA) is 50.8 Å². The first-order valence-electron chi connectivity index (χ1n) is 7.58. The molecule has 2 aliphatic rings. The van der Waals surface area contributed by atoms with Gasteiger partial charge in [0.15, 0.2) is 17.6 Å². The molecule has 0 aromatic heterocycles. The second-order valence-corrected chi connectivity index (χ2v) is 5.74. The highest BCUT2D eigenvalue weighted by Crippen LogP contribution is 2.31. The number of amides is 1. The lowest BCUT2D eigenvalue weighted by molar-refractivity contribution is -0.136. The van der Waals surface area contributed by atoms with Crippen LogP contribution in [0.5, 0.6) is 11.5 Å². The average molecular weight is 327 g/mol. The number of nitrogens with one attached hydrogen (secondary N) is 1. The minimum absolute atomic E-state index is 0. The summed E-state index contributed by atoms with van der Waals surface area (Å²) in [6, 6.07) is 7.65. The Balaban J connectivity index is 0.00000176. The van der Waals surface area contributed by atoms with Crippen molar-refractivity contribution in [2.24, 2.45) is 5.92 Å². The third-order valence-electron chi connectivity index (χ3n) is 4.11. The molecule has 1 fully saturated rings. The second kappa shape index (κ2) is 7.70. The van der Waals surface area contributed by atoms with Crippen LogP contribution >= 0.6 is 12.4 Å². The molecule has 1 saturated heterocycles. The maximum Gasteiger partial charge on any atom is 0.225 e. The number of para-hydroxylation sites is 2. The van der Waals surface area contributed by atoms with Gasteiger partial charge in [0, 0.05) is 13.0 Å². The fraction of sp³-hybridized carbons (Fsp3) is 0.562. The van der Waals surface area contributed by atoms with E-state index in [0.29, 0.717) is 13.2 Å². The smallest absolute Gasteiger partial charge is 0.225 e. The summed E-state index contributed by atoms with van der Waals surface area (Å²) in [5.74, 6) is 1.91. The standard InChI is InChI=1S/C16H22N2O3.ClH/c1-18(16(19)12-6-8-17-9-7-12)10-13-11-20-14-4-2-3-5-15(14)21-13;/h2-5,12-13,17H,6-11H2,1H3;1H. The third-order valence-corrected chi connectivity index (χ3v) is 4.11. The van der Waals surface area contributed by atoms with Gasteiger partial charge in [0.2, 0.25) is 5.91 Å². The number of rotatable bonds is 3. The van der Waals surface area contributed by atoms with E-state index in [-0.39, 0.29) is 30.3 Å². The summed E-state index contributed by atoms with van der Waals surface area (Å²) in [5.41, 5.74) is 0. The number of piperidine rings is 1. The van der Waals surface area contributed by atoms with Crippen LogP contribution in [-0.2, 0) is 4.79 Å². The van der Waals surface area contributed by atoms with E-state index in [0.717, 1.165) is 37.4 Å². The molecule has 2 aliphatic heterocycles. The van der Waals surface area contributed by atoms with Crippen molar-refractivity contribution in [2.75, 3.05) is 33.3 Å². The molecule has 2 heterocycles. The highest BCUT2D eigenvalue weighted by atomic mass is 35.5. The van der Waals surface area contributed by atoms with Crippen molar-refractivity contribution in [1.82, 2.24) is 10.2 Å². The molecular formula is C16H23ClN2O3. The maximum absolute atomic E-state index is 12.4. The van der Waals surface area contributed by atoms with E-state index in [1.165, 1.54) is 0 Å². The van der Waals surface area contributed by atoms with E-state index in [4.69, 9.17) is 9.47 Å². The molecular weight excluding hydrogens is 304 g/mol. The number of hydrogen-bond acceptors (Lipinski definition) is 4. The number of ether oxygens (including phenoxy) is 2. The van der Waals surface area contributed by atoms with Crippen LogP contribution in [0.15, 0.2) is 24.3 Å². The number of carbonyl (C=O) groups is 1. The molecule has 1 aromatic rings. The van der Waals surface area contributed by atoms with Crippen LogP contribution in [0.4, 0.5) is 0 Å². The van der Waals surface area contributed by atoms with Gasteiger partial charge in [-0.2, -0.15) is 0 Å². The maximum atomic E-state index is 12.4. The molecule has 1 N–H and O–H groups in total. The van der Waals surface area contributed by atoms with Gasteiger partial charge in [-0.05, 0) is 38.1 Å². The van der Waals surface area contributed by atoms with Crippen LogP contribution in [0.1, 0.15) is 12.8 Å². The average Bonchev–Trinajstić information content (AvgIpc) is 2.55. The van der Waals surface area contributed by atoms with Crippen molar-refractivity contribution in [3.63, 3.8) is 0 Å². The highest BCUT2D eigenvalue weighted by Gasteiger charge is 2.28. The molecule has 122 valence electrons. The number of likely N-dealkylation sites (N-methyl/N-ethyl adjacent to an activating group) is 1. The Bertz CT molecular complexity index is 506. The van der Waals surface area contributed by atoms with Gasteiger partial charge in [-0.3, -0.25) is 4.79 Å². The van der Waals surface area contributed by atoms with Gasteiger partial charge < -0.3 is 19.7 Å². The number of carbonyl (C=O) groups excluding carboxylic acids is 1. The Morgan fingerprint density at radius 1 is 1.27 bits per heavy atom. The largest absolute Gasteiger partial charge is 0.486 e. The first kappa shape index (κ1) is 16.9. The number of hydrogen-bond donors (Lipinski definition) is 1. The van der Waals surface area contributed by atoms with Gasteiger partial charge >= 0.3 is 0 Å². The van der Waals surface area contributed by atoms with Gasteiger partial charge in [-0.25, -0.2) is 0 Å². The lowest BCUT2D eigenvalue weighted by Gasteiger charge is -2.32. The number of nitrogens with zero attached hydrogens (tertiary/aromatic N) is 1. The Morgan fingerprint density at radius 2 is 1.95 bits per heavy atom.